The minimum absolute atomic E-state index is 0.144. The maximum Gasteiger partial charge on any atom is 0.325 e. The molecule has 0 aromatic heterocycles. The first-order valence-corrected chi connectivity index (χ1v) is 8.65. The van der Waals surface area contributed by atoms with Crippen molar-refractivity contribution in [3.05, 3.63) is 65.2 Å². The number of esters is 1. The Bertz CT molecular complexity index is 741. The van der Waals surface area contributed by atoms with Gasteiger partial charge in [0.25, 0.3) is 5.91 Å². The number of carbonyl (C=O) groups excluding carboxylic acids is 2. The first kappa shape index (κ1) is 19.5. The van der Waals surface area contributed by atoms with Crippen molar-refractivity contribution in [1.82, 2.24) is 5.32 Å². The van der Waals surface area contributed by atoms with Crippen LogP contribution < -0.4 is 10.1 Å². The van der Waals surface area contributed by atoms with Crippen LogP contribution in [0.25, 0.3) is 0 Å². The fourth-order valence-electron chi connectivity index (χ4n) is 2.29. The van der Waals surface area contributed by atoms with E-state index in [1.54, 1.807) is 0 Å². The van der Waals surface area contributed by atoms with Crippen LogP contribution in [0.3, 0.4) is 0 Å². The van der Waals surface area contributed by atoms with Crippen molar-refractivity contribution in [2.75, 3.05) is 13.2 Å². The molecule has 0 unspecified atom stereocenters. The molecule has 0 bridgehead atoms. The number of nitrogens with one attached hydrogen (secondary N) is 1. The highest BCUT2D eigenvalue weighted by molar-refractivity contribution is 5.82. The topological polar surface area (TPSA) is 64.6 Å². The van der Waals surface area contributed by atoms with E-state index in [0.29, 0.717) is 11.7 Å². The Morgan fingerprint density at radius 1 is 1.08 bits per heavy atom. The van der Waals surface area contributed by atoms with Gasteiger partial charge in [0.2, 0.25) is 0 Å². The normalized spacial score (nSPS) is 10.5. The van der Waals surface area contributed by atoms with Crippen molar-refractivity contribution in [2.24, 2.45) is 0 Å². The van der Waals surface area contributed by atoms with Gasteiger partial charge in [-0.1, -0.05) is 56.3 Å². The zero-order chi connectivity index (χ0) is 18.9. The molecule has 0 aliphatic rings. The molecule has 1 N–H and O–H groups in total. The lowest BCUT2D eigenvalue weighted by Crippen LogP contribution is -2.34. The highest BCUT2D eigenvalue weighted by atomic mass is 16.5. The standard InChI is InChI=1S/C21H25NO4/c1-15(2)18-10-9-16(3)19(11-18)25-14-20(23)22-12-21(24)26-13-17-7-5-4-6-8-17/h4-11,15H,12-14H2,1-3H3,(H,22,23). The zero-order valence-electron chi connectivity index (χ0n) is 15.5. The van der Waals surface area contributed by atoms with Crippen molar-refractivity contribution < 1.29 is 19.1 Å². The summed E-state index contributed by atoms with van der Waals surface area (Å²) < 4.78 is 10.7. The van der Waals surface area contributed by atoms with Gasteiger partial charge in [0.05, 0.1) is 0 Å². The summed E-state index contributed by atoms with van der Waals surface area (Å²) in [7, 11) is 0. The molecule has 138 valence electrons. The van der Waals surface area contributed by atoms with Gasteiger partial charge in [0.1, 0.15) is 18.9 Å². The molecule has 2 rings (SSSR count). The third-order valence-corrected chi connectivity index (χ3v) is 3.91. The molecule has 0 heterocycles. The molecule has 0 saturated carbocycles. The van der Waals surface area contributed by atoms with Crippen LogP contribution in [0.2, 0.25) is 0 Å². The molecular weight excluding hydrogens is 330 g/mol. The van der Waals surface area contributed by atoms with Gasteiger partial charge in [-0.3, -0.25) is 9.59 Å². The number of amides is 1. The van der Waals surface area contributed by atoms with Crippen molar-refractivity contribution >= 4 is 11.9 Å². The number of benzene rings is 2. The second kappa shape index (κ2) is 9.61. The first-order chi connectivity index (χ1) is 12.5. The van der Waals surface area contributed by atoms with Crippen LogP contribution in [-0.4, -0.2) is 25.0 Å². The summed E-state index contributed by atoms with van der Waals surface area (Å²) in [4.78, 5) is 23.6. The quantitative estimate of drug-likeness (QED) is 0.738. The van der Waals surface area contributed by atoms with Gasteiger partial charge < -0.3 is 14.8 Å². The molecule has 0 aliphatic carbocycles. The van der Waals surface area contributed by atoms with Crippen LogP contribution in [0.15, 0.2) is 48.5 Å². The number of carbonyl (C=O) groups is 2. The molecular formula is C21H25NO4. The van der Waals surface area contributed by atoms with Gasteiger partial charge in [-0.05, 0) is 35.6 Å². The maximum absolute atomic E-state index is 11.9. The molecule has 0 aliphatic heterocycles. The highest BCUT2D eigenvalue weighted by Crippen LogP contribution is 2.24. The van der Waals surface area contributed by atoms with Crippen LogP contribution in [-0.2, 0) is 20.9 Å². The smallest absolute Gasteiger partial charge is 0.325 e. The number of hydrogen-bond donors (Lipinski definition) is 1. The van der Waals surface area contributed by atoms with E-state index in [0.717, 1.165) is 16.7 Å². The van der Waals surface area contributed by atoms with E-state index in [9.17, 15) is 9.59 Å². The summed E-state index contributed by atoms with van der Waals surface area (Å²) in [6, 6.07) is 15.3. The number of ether oxygens (including phenoxy) is 2. The summed E-state index contributed by atoms with van der Waals surface area (Å²) in [5, 5.41) is 2.51. The largest absolute Gasteiger partial charge is 0.483 e. The van der Waals surface area contributed by atoms with E-state index in [4.69, 9.17) is 9.47 Å². The molecule has 0 saturated heterocycles. The lowest BCUT2D eigenvalue weighted by molar-refractivity contribution is -0.145. The Morgan fingerprint density at radius 3 is 2.50 bits per heavy atom. The number of aryl methyl sites for hydroxylation is 1. The van der Waals surface area contributed by atoms with Crippen LogP contribution in [0, 0.1) is 6.92 Å². The molecule has 1 amide bonds. The van der Waals surface area contributed by atoms with Crippen molar-refractivity contribution in [1.29, 1.82) is 0 Å². The average Bonchev–Trinajstić information content (AvgIpc) is 2.64. The Hall–Kier alpha value is -2.82. The monoisotopic (exact) mass is 355 g/mol. The van der Waals surface area contributed by atoms with Gasteiger partial charge in [0, 0.05) is 0 Å². The maximum atomic E-state index is 11.9. The van der Waals surface area contributed by atoms with Crippen molar-refractivity contribution in [3.63, 3.8) is 0 Å². The van der Waals surface area contributed by atoms with Crippen LogP contribution in [0.5, 0.6) is 5.75 Å². The average molecular weight is 355 g/mol. The van der Waals surface area contributed by atoms with Crippen LogP contribution in [0.4, 0.5) is 0 Å². The molecule has 0 spiro atoms. The zero-order valence-corrected chi connectivity index (χ0v) is 15.5. The Balaban J connectivity index is 1.73. The molecule has 0 atom stereocenters. The van der Waals surface area contributed by atoms with Gasteiger partial charge in [0.15, 0.2) is 6.61 Å². The van der Waals surface area contributed by atoms with Gasteiger partial charge in [-0.25, -0.2) is 0 Å². The van der Waals surface area contributed by atoms with Crippen LogP contribution in [0.1, 0.15) is 36.5 Å². The third-order valence-electron chi connectivity index (χ3n) is 3.91. The summed E-state index contributed by atoms with van der Waals surface area (Å²) in [6.45, 7) is 5.99. The van der Waals surface area contributed by atoms with E-state index >= 15 is 0 Å². The van der Waals surface area contributed by atoms with Gasteiger partial charge in [-0.15, -0.1) is 0 Å². The summed E-state index contributed by atoms with van der Waals surface area (Å²) in [5.74, 6) is 0.209. The molecule has 0 radical (unpaired) electrons. The van der Waals surface area contributed by atoms with Gasteiger partial charge in [-0.2, -0.15) is 0 Å². The predicted octanol–water partition coefficient (Wildman–Crippen LogP) is 3.36. The lowest BCUT2D eigenvalue weighted by Gasteiger charge is -2.13. The molecule has 5 heteroatoms. The summed E-state index contributed by atoms with van der Waals surface area (Å²) >= 11 is 0. The Morgan fingerprint density at radius 2 is 1.81 bits per heavy atom. The SMILES string of the molecule is Cc1ccc(C(C)C)cc1OCC(=O)NCC(=O)OCc1ccccc1. The first-order valence-electron chi connectivity index (χ1n) is 8.65. The fraction of sp³-hybridized carbons (Fsp3) is 0.333. The lowest BCUT2D eigenvalue weighted by atomic mass is 10.0. The van der Waals surface area contributed by atoms with Crippen molar-refractivity contribution in [3.8, 4) is 5.75 Å². The minimum Gasteiger partial charge on any atom is -0.483 e. The molecule has 0 fully saturated rings. The molecule has 2 aromatic rings. The summed E-state index contributed by atoms with van der Waals surface area (Å²) in [6.07, 6.45) is 0. The van der Waals surface area contributed by atoms with E-state index in [1.165, 1.54) is 0 Å². The van der Waals surface area contributed by atoms with Crippen molar-refractivity contribution in [2.45, 2.75) is 33.3 Å². The number of hydrogen-bond acceptors (Lipinski definition) is 4. The molecule has 2 aromatic carbocycles. The minimum atomic E-state index is -0.486. The van der Waals surface area contributed by atoms with E-state index < -0.39 is 5.97 Å². The second-order valence-corrected chi connectivity index (χ2v) is 6.39. The fourth-order valence-corrected chi connectivity index (χ4v) is 2.29. The van der Waals surface area contributed by atoms with Gasteiger partial charge >= 0.3 is 5.97 Å². The molecule has 26 heavy (non-hydrogen) atoms. The molecule has 5 nitrogen and oxygen atoms in total. The van der Waals surface area contributed by atoms with E-state index in [2.05, 4.69) is 25.2 Å². The number of rotatable bonds is 8. The second-order valence-electron chi connectivity index (χ2n) is 6.39. The van der Waals surface area contributed by atoms with Crippen LogP contribution >= 0.6 is 0 Å². The summed E-state index contributed by atoms with van der Waals surface area (Å²) in [5.41, 5.74) is 3.01. The van der Waals surface area contributed by atoms with E-state index in [-0.39, 0.29) is 25.7 Å². The third kappa shape index (κ3) is 6.24. The highest BCUT2D eigenvalue weighted by Gasteiger charge is 2.10. The predicted molar refractivity (Wildman–Crippen MR) is 100 cm³/mol. The Labute approximate surface area is 154 Å². The Kier molecular flexibility index (Phi) is 7.21. The van der Waals surface area contributed by atoms with E-state index in [1.807, 2.05) is 49.4 Å².